The third-order valence-corrected chi connectivity index (χ3v) is 0. The minimum absolute atomic E-state index is 2.68. The van der Waals surface area contributed by atoms with Gasteiger partial charge in [0.15, 0.2) is 0 Å². The van der Waals surface area contributed by atoms with Crippen LogP contribution in [0.25, 0.3) is 0 Å². The normalized spacial score (nSPS) is 34.8. The van der Waals surface area contributed by atoms with Crippen molar-refractivity contribution in [3.8, 4) is 0 Å². The fourth-order valence-corrected chi connectivity index (χ4v) is 0. The summed E-state index contributed by atoms with van der Waals surface area (Å²) in [6, 6.07) is 0. The topological polar surface area (TPSA) is 0 Å². The summed E-state index contributed by atoms with van der Waals surface area (Å²) in [5, 5.41) is 0. The van der Waals surface area contributed by atoms with Crippen molar-refractivity contribution in [2.24, 2.45) is 0 Å². The van der Waals surface area contributed by atoms with Gasteiger partial charge in [-0.1, -0.05) is 0 Å². The predicted molar refractivity (Wildman–Crippen MR) is 25.8 cm³/mol. The molecule has 0 N–H and O–H groups in total. The fourth-order valence-electron chi connectivity index (χ4n) is 0. The Morgan fingerprint density at radius 1 is 1.60 bits per heavy atom. The van der Waals surface area contributed by atoms with Gasteiger partial charge < -0.3 is 0 Å². The Morgan fingerprint density at radius 2 is 2.00 bits per heavy atom. The Hall–Kier alpha value is 0.580. The lowest BCUT2D eigenvalue weighted by Crippen LogP contribution is -1.93. The molecule has 0 spiro atoms. The molecule has 0 saturated heterocycles. The zero-order chi connectivity index (χ0) is 9.50. The molecule has 0 aromatic carbocycles. The zero-order valence-corrected chi connectivity index (χ0v) is 3.77. The first-order chi connectivity index (χ1) is 4.50. The average Bonchev–Trinajstić information content (AvgIpc) is 1.58. The van der Waals surface area contributed by atoms with Crippen LogP contribution in [0.5, 0.6) is 0 Å². The Balaban J connectivity index is 4.75. The average molecular weight is 119 g/mol. The van der Waals surface area contributed by atoms with Crippen LogP contribution >= 0.6 is 23.2 Å². The minimum Gasteiger partial charge on any atom is -0.102 e. The van der Waals surface area contributed by atoms with E-state index in [-0.39, 0.29) is 0 Å². The molecule has 0 aliphatic rings. The second-order valence-corrected chi connectivity index (χ2v) is 1.90. The van der Waals surface area contributed by atoms with Crippen LogP contribution < -0.4 is 0 Å². The van der Waals surface area contributed by atoms with E-state index in [4.69, 9.17) is 31.4 Å². The van der Waals surface area contributed by atoms with Crippen molar-refractivity contribution in [3.63, 3.8) is 0 Å². The lowest BCUT2D eigenvalue weighted by molar-refractivity contribution is 0.995. The van der Waals surface area contributed by atoms with Crippen molar-refractivity contribution in [3.05, 3.63) is 0 Å². The largest absolute Gasteiger partial charge is 0.112 e. The van der Waals surface area contributed by atoms with Crippen LogP contribution in [-0.4, -0.2) is 4.33 Å². The molecule has 0 atom stereocenters. The van der Waals surface area contributed by atoms with Gasteiger partial charge in [0.25, 0.3) is 0 Å². The SMILES string of the molecule is [2H]C([2H])([2H])C(Cl)(Cl)C([2H])([2H])[2H]. The molecular weight excluding hydrogens is 107 g/mol. The van der Waals surface area contributed by atoms with E-state index >= 15 is 0 Å². The van der Waals surface area contributed by atoms with Crippen molar-refractivity contribution < 1.29 is 8.22 Å². The van der Waals surface area contributed by atoms with Crippen LogP contribution in [0.4, 0.5) is 0 Å². The number of hydrogen-bond acceptors (Lipinski definition) is 0. The molecule has 0 fully saturated rings. The Labute approximate surface area is 50.5 Å². The standard InChI is InChI=1S/C3H6Cl2/c1-3(2,4)5/h1-2H3/i1D3,2D3. The van der Waals surface area contributed by atoms with Gasteiger partial charge in [-0.2, -0.15) is 0 Å². The Kier molecular flexibility index (Phi) is 0.284. The fraction of sp³-hybridized carbons (Fsp3) is 1.00. The van der Waals surface area contributed by atoms with Gasteiger partial charge in [0, 0.05) is 8.22 Å². The molecule has 0 heterocycles. The van der Waals surface area contributed by atoms with Crippen LogP contribution in [-0.2, 0) is 0 Å². The molecule has 2 heteroatoms. The van der Waals surface area contributed by atoms with Gasteiger partial charge >= 0.3 is 0 Å². The van der Waals surface area contributed by atoms with Crippen molar-refractivity contribution in [2.45, 2.75) is 18.0 Å². The number of rotatable bonds is 0. The highest BCUT2D eigenvalue weighted by Crippen LogP contribution is 2.16. The second-order valence-electron chi connectivity index (χ2n) is 0.574. The van der Waals surface area contributed by atoms with E-state index in [0.717, 1.165) is 0 Å². The summed E-state index contributed by atoms with van der Waals surface area (Å²) in [5.41, 5.74) is 0. The molecule has 0 rings (SSSR count). The molecule has 0 amide bonds. The molecule has 0 saturated carbocycles. The molecule has 0 aliphatic heterocycles. The summed E-state index contributed by atoms with van der Waals surface area (Å²) in [5.74, 6) is 0. The summed E-state index contributed by atoms with van der Waals surface area (Å²) >= 11 is 10.3. The summed E-state index contributed by atoms with van der Waals surface area (Å²) in [6.45, 7) is -5.80. The Bertz CT molecular complexity index is 127. The highest BCUT2D eigenvalue weighted by atomic mass is 35.5. The van der Waals surface area contributed by atoms with Crippen LogP contribution in [0.2, 0.25) is 0 Å². The molecule has 5 heavy (non-hydrogen) atoms. The molecule has 0 unspecified atom stereocenters. The van der Waals surface area contributed by atoms with Gasteiger partial charge in [0.05, 0.1) is 0 Å². The third kappa shape index (κ3) is 90.6. The smallest absolute Gasteiger partial charge is 0.102 e. The first-order valence-electron chi connectivity index (χ1n) is 3.88. The van der Waals surface area contributed by atoms with Crippen LogP contribution in [0, 0.1) is 0 Å². The van der Waals surface area contributed by atoms with E-state index in [1.54, 1.807) is 0 Å². The monoisotopic (exact) mass is 118 g/mol. The van der Waals surface area contributed by atoms with E-state index in [1.807, 2.05) is 0 Å². The van der Waals surface area contributed by atoms with Gasteiger partial charge in [-0.05, 0) is 13.7 Å². The van der Waals surface area contributed by atoms with Crippen LogP contribution in [0.15, 0.2) is 0 Å². The number of alkyl halides is 2. The maximum absolute atomic E-state index is 6.70. The van der Waals surface area contributed by atoms with Crippen molar-refractivity contribution in [1.29, 1.82) is 0 Å². The van der Waals surface area contributed by atoms with Crippen molar-refractivity contribution >= 4 is 23.2 Å². The predicted octanol–water partition coefficient (Wildman–Crippen LogP) is 2.20. The quantitative estimate of drug-likeness (QED) is 0.429. The van der Waals surface area contributed by atoms with E-state index in [0.29, 0.717) is 0 Å². The number of halogens is 2. The summed E-state index contributed by atoms with van der Waals surface area (Å²) in [7, 11) is 0. The lowest BCUT2D eigenvalue weighted by Gasteiger charge is -1.98. The van der Waals surface area contributed by atoms with E-state index in [9.17, 15) is 0 Å². The molecular formula is C3H6Cl2. The molecule has 0 radical (unpaired) electrons. The zero-order valence-electron chi connectivity index (χ0n) is 8.26. The van der Waals surface area contributed by atoms with Crippen LogP contribution in [0.3, 0.4) is 0 Å². The van der Waals surface area contributed by atoms with Gasteiger partial charge in [0.1, 0.15) is 4.33 Å². The maximum Gasteiger partial charge on any atom is 0.112 e. The van der Waals surface area contributed by atoms with Gasteiger partial charge in [-0.15, -0.1) is 23.2 Å². The number of hydrogen-bond donors (Lipinski definition) is 0. The van der Waals surface area contributed by atoms with E-state index in [1.165, 1.54) is 0 Å². The molecule has 0 aromatic heterocycles. The minimum atomic E-state index is -2.90. The maximum atomic E-state index is 6.70. The van der Waals surface area contributed by atoms with E-state index < -0.39 is 18.0 Å². The highest BCUT2D eigenvalue weighted by molar-refractivity contribution is 6.47. The molecule has 0 aliphatic carbocycles. The summed E-state index contributed by atoms with van der Waals surface area (Å²) in [6.07, 6.45) is 0. The molecule has 0 nitrogen and oxygen atoms in total. The third-order valence-electron chi connectivity index (χ3n) is 0. The molecule has 0 aromatic rings. The molecule has 32 valence electrons. The van der Waals surface area contributed by atoms with Crippen LogP contribution in [0.1, 0.15) is 21.9 Å². The van der Waals surface area contributed by atoms with Gasteiger partial charge in [-0.25, -0.2) is 0 Å². The second kappa shape index (κ2) is 1.36. The van der Waals surface area contributed by atoms with Gasteiger partial charge in [-0.3, -0.25) is 0 Å². The molecule has 0 bridgehead atoms. The first kappa shape index (κ1) is 1.05. The first-order valence-corrected chi connectivity index (χ1v) is 1.63. The van der Waals surface area contributed by atoms with Gasteiger partial charge in [0.2, 0.25) is 0 Å². The lowest BCUT2D eigenvalue weighted by atomic mass is 10.6. The van der Waals surface area contributed by atoms with Crippen molar-refractivity contribution in [1.82, 2.24) is 0 Å². The summed E-state index contributed by atoms with van der Waals surface area (Å²) < 4.78 is 37.5. The highest BCUT2D eigenvalue weighted by Gasteiger charge is 2.03. The summed E-state index contributed by atoms with van der Waals surface area (Å²) in [4.78, 5) is 0. The van der Waals surface area contributed by atoms with Crippen molar-refractivity contribution in [2.75, 3.05) is 0 Å². The Morgan fingerprint density at radius 3 is 2.00 bits per heavy atom. The van der Waals surface area contributed by atoms with E-state index in [2.05, 4.69) is 0 Å².